The number of hydrogen-bond acceptors (Lipinski definition) is 6. The molecule has 1 aliphatic rings. The first kappa shape index (κ1) is 31.2. The first-order valence-electron chi connectivity index (χ1n) is 14.3. The van der Waals surface area contributed by atoms with Gasteiger partial charge in [0.2, 0.25) is 0 Å². The Morgan fingerprint density at radius 3 is 2.33 bits per heavy atom. The van der Waals surface area contributed by atoms with Gasteiger partial charge in [0, 0.05) is 42.4 Å². The van der Waals surface area contributed by atoms with Crippen LogP contribution in [0.2, 0.25) is 0 Å². The lowest BCUT2D eigenvalue weighted by Crippen LogP contribution is -2.39. The van der Waals surface area contributed by atoms with Gasteiger partial charge in [-0.15, -0.1) is 0 Å². The van der Waals surface area contributed by atoms with E-state index >= 15 is 4.39 Å². The monoisotopic (exact) mass is 581 g/mol. The Bertz CT molecular complexity index is 1420. The number of nitrogen functional groups attached to an aromatic ring is 1. The summed E-state index contributed by atoms with van der Waals surface area (Å²) in [6, 6.07) is 10.7. The maximum atomic E-state index is 15.9. The number of ether oxygens (including phenoxy) is 2. The minimum atomic E-state index is -1.33. The highest BCUT2D eigenvalue weighted by molar-refractivity contribution is 5.92. The van der Waals surface area contributed by atoms with Crippen LogP contribution in [-0.2, 0) is 16.0 Å². The Hall–Kier alpha value is -3.72. The molecule has 42 heavy (non-hydrogen) atoms. The number of carboxylic acid groups (broad SMARTS) is 1. The molecule has 1 aromatic heterocycles. The van der Waals surface area contributed by atoms with Crippen LogP contribution in [0.15, 0.2) is 42.5 Å². The molecular formula is C33H41F2N3O4. The van der Waals surface area contributed by atoms with Crippen molar-refractivity contribution >= 4 is 17.5 Å². The molecule has 7 nitrogen and oxygen atoms in total. The first-order chi connectivity index (χ1) is 19.6. The second-order valence-electron chi connectivity index (χ2n) is 12.7. The molecule has 0 unspecified atom stereocenters. The fourth-order valence-corrected chi connectivity index (χ4v) is 5.28. The molecule has 2 heterocycles. The molecule has 9 heteroatoms. The molecule has 0 aliphatic carbocycles. The Kier molecular flexibility index (Phi) is 9.11. The van der Waals surface area contributed by atoms with Gasteiger partial charge in [0.1, 0.15) is 23.2 Å². The summed E-state index contributed by atoms with van der Waals surface area (Å²) < 4.78 is 40.9. The number of nitrogens with two attached hydrogens (primary N) is 1. The van der Waals surface area contributed by atoms with Crippen LogP contribution >= 0.6 is 0 Å². The second-order valence-corrected chi connectivity index (χ2v) is 12.7. The van der Waals surface area contributed by atoms with Crippen molar-refractivity contribution in [2.75, 3.05) is 30.3 Å². The van der Waals surface area contributed by atoms with Crippen molar-refractivity contribution in [2.45, 2.75) is 72.5 Å². The molecule has 1 aliphatic heterocycles. The number of rotatable bonds is 9. The molecule has 1 atom stereocenters. The van der Waals surface area contributed by atoms with E-state index in [9.17, 15) is 14.3 Å². The Morgan fingerprint density at radius 2 is 1.76 bits per heavy atom. The van der Waals surface area contributed by atoms with E-state index in [1.54, 1.807) is 52.0 Å². The average molecular weight is 582 g/mol. The van der Waals surface area contributed by atoms with E-state index < -0.39 is 23.5 Å². The normalized spacial score (nSPS) is 15.9. The highest BCUT2D eigenvalue weighted by Crippen LogP contribution is 2.46. The minimum absolute atomic E-state index is 0.111. The highest BCUT2D eigenvalue weighted by atomic mass is 19.1. The van der Waals surface area contributed by atoms with Gasteiger partial charge >= 0.3 is 5.97 Å². The molecule has 1 fully saturated rings. The van der Waals surface area contributed by atoms with Crippen LogP contribution in [0, 0.1) is 24.0 Å². The summed E-state index contributed by atoms with van der Waals surface area (Å²) >= 11 is 0. The maximum Gasteiger partial charge on any atom is 0.337 e. The van der Waals surface area contributed by atoms with Crippen LogP contribution in [0.25, 0.3) is 11.1 Å². The van der Waals surface area contributed by atoms with Gasteiger partial charge in [-0.25, -0.2) is 18.6 Å². The number of aryl methyl sites for hydroxylation is 1. The summed E-state index contributed by atoms with van der Waals surface area (Å²) in [6.07, 6.45) is 0.934. The average Bonchev–Trinajstić information content (AvgIpc) is 2.88. The van der Waals surface area contributed by atoms with Crippen molar-refractivity contribution in [3.63, 3.8) is 0 Å². The molecule has 0 spiro atoms. The highest BCUT2D eigenvalue weighted by Gasteiger charge is 2.37. The molecule has 3 N–H and O–H groups in total. The SMILES string of the molecule is Cc1nc(N)c(-c2ccc(OCCc3ccc(F)cc3)cc2F)c(N2CCC(C)(C)CC2)c1[C@H](OC(C)(C)C)C(=O)O. The van der Waals surface area contributed by atoms with Gasteiger partial charge in [0.25, 0.3) is 0 Å². The van der Waals surface area contributed by atoms with Gasteiger partial charge in [-0.05, 0) is 75.8 Å². The lowest BCUT2D eigenvalue weighted by Gasteiger charge is -2.41. The number of benzene rings is 2. The third-order valence-electron chi connectivity index (χ3n) is 7.60. The van der Waals surface area contributed by atoms with Gasteiger partial charge in [-0.2, -0.15) is 0 Å². The third kappa shape index (κ3) is 7.37. The fourth-order valence-electron chi connectivity index (χ4n) is 5.28. The Balaban J connectivity index is 1.76. The summed E-state index contributed by atoms with van der Waals surface area (Å²) in [5.41, 5.74) is 8.64. The van der Waals surface area contributed by atoms with Crippen molar-refractivity contribution < 1.29 is 28.2 Å². The largest absolute Gasteiger partial charge is 0.493 e. The van der Waals surface area contributed by atoms with E-state index in [2.05, 4.69) is 23.7 Å². The molecule has 3 aromatic rings. The van der Waals surface area contributed by atoms with Crippen LogP contribution in [0.4, 0.5) is 20.3 Å². The van der Waals surface area contributed by atoms with Crippen LogP contribution in [0.3, 0.4) is 0 Å². The van der Waals surface area contributed by atoms with Gasteiger partial charge < -0.3 is 25.2 Å². The molecule has 4 rings (SSSR count). The van der Waals surface area contributed by atoms with E-state index in [0.29, 0.717) is 47.8 Å². The van der Waals surface area contributed by atoms with E-state index in [1.807, 2.05) is 0 Å². The lowest BCUT2D eigenvalue weighted by atomic mass is 9.82. The summed E-state index contributed by atoms with van der Waals surface area (Å²) in [5.74, 6) is -1.59. The Labute approximate surface area is 246 Å². The number of aliphatic carboxylic acids is 1. The van der Waals surface area contributed by atoms with E-state index in [0.717, 1.165) is 18.4 Å². The smallest absolute Gasteiger partial charge is 0.337 e. The van der Waals surface area contributed by atoms with Crippen LogP contribution in [0.1, 0.15) is 70.4 Å². The number of carboxylic acids is 1. The summed E-state index contributed by atoms with van der Waals surface area (Å²) in [6.45, 7) is 13.1. The summed E-state index contributed by atoms with van der Waals surface area (Å²) in [7, 11) is 0. The topological polar surface area (TPSA) is 97.9 Å². The number of halogens is 2. The second kappa shape index (κ2) is 12.3. The van der Waals surface area contributed by atoms with Crippen molar-refractivity contribution in [3.05, 3.63) is 70.9 Å². The molecule has 0 radical (unpaired) electrons. The van der Waals surface area contributed by atoms with Gasteiger partial charge in [0.15, 0.2) is 6.10 Å². The van der Waals surface area contributed by atoms with Crippen LogP contribution in [0.5, 0.6) is 5.75 Å². The fraction of sp³-hybridized carbons (Fsp3) is 0.455. The number of aromatic nitrogens is 1. The number of anilines is 2. The number of carbonyl (C=O) groups is 1. The van der Waals surface area contributed by atoms with Gasteiger partial charge in [0.05, 0.1) is 23.5 Å². The molecule has 1 saturated heterocycles. The number of hydrogen-bond donors (Lipinski definition) is 2. The van der Waals surface area contributed by atoms with Gasteiger partial charge in [-0.1, -0.05) is 26.0 Å². The molecule has 0 bridgehead atoms. The predicted molar refractivity (Wildman–Crippen MR) is 161 cm³/mol. The van der Waals surface area contributed by atoms with Crippen molar-refractivity contribution in [1.82, 2.24) is 4.98 Å². The summed E-state index contributed by atoms with van der Waals surface area (Å²) in [4.78, 5) is 19.2. The van der Waals surface area contributed by atoms with E-state index in [1.165, 1.54) is 18.2 Å². The number of piperidine rings is 1. The van der Waals surface area contributed by atoms with Crippen molar-refractivity contribution in [1.29, 1.82) is 0 Å². The molecule has 0 saturated carbocycles. The number of nitrogens with zero attached hydrogens (tertiary/aromatic N) is 2. The van der Waals surface area contributed by atoms with Crippen molar-refractivity contribution in [2.24, 2.45) is 5.41 Å². The predicted octanol–water partition coefficient (Wildman–Crippen LogP) is 7.11. The molecule has 2 aromatic carbocycles. The van der Waals surface area contributed by atoms with Crippen LogP contribution < -0.4 is 15.4 Å². The molecular weight excluding hydrogens is 540 g/mol. The third-order valence-corrected chi connectivity index (χ3v) is 7.60. The first-order valence-corrected chi connectivity index (χ1v) is 14.3. The van der Waals surface area contributed by atoms with Gasteiger partial charge in [-0.3, -0.25) is 0 Å². The minimum Gasteiger partial charge on any atom is -0.493 e. The zero-order chi connectivity index (χ0) is 30.8. The molecule has 226 valence electrons. The zero-order valence-electron chi connectivity index (χ0n) is 25.3. The van der Waals surface area contributed by atoms with Crippen LogP contribution in [-0.4, -0.2) is 41.4 Å². The van der Waals surface area contributed by atoms with Crippen molar-refractivity contribution in [3.8, 4) is 16.9 Å². The zero-order valence-corrected chi connectivity index (χ0v) is 25.3. The summed E-state index contributed by atoms with van der Waals surface area (Å²) in [5, 5.41) is 10.3. The Morgan fingerprint density at radius 1 is 1.12 bits per heavy atom. The lowest BCUT2D eigenvalue weighted by molar-refractivity contribution is -0.160. The maximum absolute atomic E-state index is 15.9. The quantitative estimate of drug-likeness (QED) is 0.278. The number of pyridine rings is 1. The van der Waals surface area contributed by atoms with E-state index in [4.69, 9.17) is 15.2 Å². The van der Waals surface area contributed by atoms with E-state index in [-0.39, 0.29) is 29.2 Å². The molecule has 0 amide bonds. The standard InChI is InChI=1S/C33H41F2N3O4/c1-20-26(29(31(39)40)42-32(2,3)4)28(38-16-14-33(5,6)15-17-38)27(30(36)37-20)24-12-11-23(19-25(24)35)41-18-13-21-7-9-22(34)10-8-21/h7-12,19,29H,13-18H2,1-6H3,(H2,36,37)(H,39,40)/t29-/m0/s1.